The third-order valence-electron chi connectivity index (χ3n) is 3.82. The van der Waals surface area contributed by atoms with Crippen molar-refractivity contribution in [3.8, 4) is 11.5 Å². The number of rotatable bonds is 6. The van der Waals surface area contributed by atoms with Crippen LogP contribution in [0.15, 0.2) is 65.7 Å². The van der Waals surface area contributed by atoms with E-state index in [0.29, 0.717) is 28.6 Å². The monoisotopic (exact) mass is 399 g/mol. The summed E-state index contributed by atoms with van der Waals surface area (Å²) in [5.41, 5.74) is 7.02. The van der Waals surface area contributed by atoms with Gasteiger partial charge in [0.15, 0.2) is 0 Å². The maximum absolute atomic E-state index is 12.2. The number of carbonyl (C=O) groups excluding carboxylic acids is 1. The van der Waals surface area contributed by atoms with Crippen LogP contribution < -0.4 is 15.8 Å². The van der Waals surface area contributed by atoms with Crippen molar-refractivity contribution in [3.63, 3.8) is 0 Å². The van der Waals surface area contributed by atoms with Gasteiger partial charge in [-0.25, -0.2) is 4.98 Å². The normalized spacial score (nSPS) is 10.4. The molecule has 0 aliphatic rings. The molecule has 0 fully saturated rings. The van der Waals surface area contributed by atoms with Crippen molar-refractivity contribution in [2.24, 2.45) is 0 Å². The Morgan fingerprint density at radius 2 is 1.93 bits per heavy atom. The summed E-state index contributed by atoms with van der Waals surface area (Å²) in [5.74, 6) is 1.31. The molecule has 1 aromatic heterocycles. The van der Waals surface area contributed by atoms with Gasteiger partial charge >= 0.3 is 0 Å². The van der Waals surface area contributed by atoms with Crippen LogP contribution in [0.25, 0.3) is 0 Å². The first-order valence-corrected chi connectivity index (χ1v) is 9.76. The van der Waals surface area contributed by atoms with Crippen LogP contribution >= 0.6 is 23.4 Å². The molecule has 0 aliphatic heterocycles. The maximum Gasteiger partial charge on any atom is 0.255 e. The van der Waals surface area contributed by atoms with E-state index in [9.17, 15) is 4.79 Å². The highest BCUT2D eigenvalue weighted by molar-refractivity contribution is 7.98. The van der Waals surface area contributed by atoms with E-state index < -0.39 is 0 Å². The average Bonchev–Trinajstić information content (AvgIpc) is 2.68. The van der Waals surface area contributed by atoms with Gasteiger partial charge in [0.1, 0.15) is 17.3 Å². The van der Waals surface area contributed by atoms with Gasteiger partial charge in [-0.15, -0.1) is 11.8 Å². The molecule has 0 atom stereocenters. The van der Waals surface area contributed by atoms with Gasteiger partial charge in [0.25, 0.3) is 5.91 Å². The Hall–Kier alpha value is -2.70. The lowest BCUT2D eigenvalue weighted by molar-refractivity contribution is 0.0951. The van der Waals surface area contributed by atoms with Crippen LogP contribution in [-0.4, -0.2) is 17.1 Å². The Morgan fingerprint density at radius 1 is 1.19 bits per heavy atom. The van der Waals surface area contributed by atoms with Gasteiger partial charge in [0.2, 0.25) is 0 Å². The minimum atomic E-state index is -0.260. The van der Waals surface area contributed by atoms with Crippen molar-refractivity contribution in [2.45, 2.75) is 11.4 Å². The van der Waals surface area contributed by atoms with Gasteiger partial charge in [0, 0.05) is 23.7 Å². The molecule has 0 spiro atoms. The zero-order valence-corrected chi connectivity index (χ0v) is 16.2. The second kappa shape index (κ2) is 8.79. The lowest BCUT2D eigenvalue weighted by Crippen LogP contribution is -2.24. The maximum atomic E-state index is 12.2. The number of halogens is 1. The highest BCUT2D eigenvalue weighted by Crippen LogP contribution is 2.31. The molecule has 0 saturated heterocycles. The number of hydrogen-bond donors (Lipinski definition) is 2. The number of carbonyl (C=O) groups is 1. The number of pyridine rings is 1. The van der Waals surface area contributed by atoms with Crippen molar-refractivity contribution in [1.82, 2.24) is 10.3 Å². The Kier molecular flexibility index (Phi) is 6.21. The molecule has 7 heteroatoms. The number of nitrogens with zero attached hydrogens (tertiary/aromatic N) is 1. The van der Waals surface area contributed by atoms with Gasteiger partial charge in [-0.1, -0.05) is 23.7 Å². The van der Waals surface area contributed by atoms with Crippen molar-refractivity contribution in [1.29, 1.82) is 0 Å². The third kappa shape index (κ3) is 4.93. The minimum Gasteiger partial charge on any atom is -0.457 e. The van der Waals surface area contributed by atoms with Gasteiger partial charge in [-0.05, 0) is 48.2 Å². The van der Waals surface area contributed by atoms with Crippen LogP contribution in [0.2, 0.25) is 5.02 Å². The molecule has 3 N–H and O–H groups in total. The fourth-order valence-corrected chi connectivity index (χ4v) is 3.27. The van der Waals surface area contributed by atoms with Crippen molar-refractivity contribution >= 4 is 35.1 Å². The van der Waals surface area contributed by atoms with E-state index >= 15 is 0 Å². The topological polar surface area (TPSA) is 77.2 Å². The van der Waals surface area contributed by atoms with Crippen LogP contribution in [0.1, 0.15) is 15.9 Å². The summed E-state index contributed by atoms with van der Waals surface area (Å²) in [6.45, 7) is 0.377. The first-order valence-electron chi connectivity index (χ1n) is 8.16. The Bertz CT molecular complexity index is 948. The Balaban J connectivity index is 1.59. The van der Waals surface area contributed by atoms with Gasteiger partial charge in [-0.3, -0.25) is 4.79 Å². The Morgan fingerprint density at radius 3 is 2.59 bits per heavy atom. The molecular weight excluding hydrogens is 382 g/mol. The van der Waals surface area contributed by atoms with Crippen LogP contribution in [-0.2, 0) is 6.54 Å². The number of aromatic nitrogens is 1. The predicted octanol–water partition coefficient (Wildman–Crippen LogP) is 4.76. The summed E-state index contributed by atoms with van der Waals surface area (Å²) in [7, 11) is 0. The summed E-state index contributed by atoms with van der Waals surface area (Å²) in [6, 6.07) is 16.4. The van der Waals surface area contributed by atoms with E-state index in [4.69, 9.17) is 22.1 Å². The number of anilines is 1. The lowest BCUT2D eigenvalue weighted by Gasteiger charge is -2.10. The summed E-state index contributed by atoms with van der Waals surface area (Å²) >= 11 is 7.78. The molecule has 5 nitrogen and oxygen atoms in total. The quantitative estimate of drug-likeness (QED) is 0.584. The number of amides is 1. The standard InChI is InChI=1S/C20H18ClN3O2S/c1-27-18-9-8-15(11-17(18)21)26-14-6-4-13(5-7-14)12-24-20(25)16-3-2-10-23-19(16)22/h2-11H,12H2,1H3,(H2,22,23)(H,24,25). The lowest BCUT2D eigenvalue weighted by atomic mass is 10.2. The molecule has 3 aromatic rings. The number of nitrogen functional groups attached to an aromatic ring is 1. The Labute approximate surface area is 166 Å². The van der Waals surface area contributed by atoms with E-state index in [-0.39, 0.29) is 11.7 Å². The van der Waals surface area contributed by atoms with E-state index in [1.807, 2.05) is 42.7 Å². The summed E-state index contributed by atoms with van der Waals surface area (Å²) < 4.78 is 5.82. The first-order chi connectivity index (χ1) is 13.1. The number of thioether (sulfide) groups is 1. The highest BCUT2D eigenvalue weighted by atomic mass is 35.5. The average molecular weight is 400 g/mol. The van der Waals surface area contributed by atoms with Crippen LogP contribution in [0.4, 0.5) is 5.82 Å². The van der Waals surface area contributed by atoms with Gasteiger partial charge in [0.05, 0.1) is 10.6 Å². The summed E-state index contributed by atoms with van der Waals surface area (Å²) in [5, 5.41) is 3.49. The van der Waals surface area contributed by atoms with Crippen LogP contribution in [0, 0.1) is 0 Å². The first kappa shape index (κ1) is 19.1. The number of hydrogen-bond acceptors (Lipinski definition) is 5. The molecule has 0 unspecified atom stereocenters. The zero-order chi connectivity index (χ0) is 19.2. The second-order valence-electron chi connectivity index (χ2n) is 5.66. The third-order valence-corrected chi connectivity index (χ3v) is 5.04. The molecule has 1 amide bonds. The van der Waals surface area contributed by atoms with E-state index in [2.05, 4.69) is 10.3 Å². The fourth-order valence-electron chi connectivity index (χ4n) is 2.41. The van der Waals surface area contributed by atoms with E-state index in [1.54, 1.807) is 36.2 Å². The fraction of sp³-hybridized carbons (Fsp3) is 0.100. The largest absolute Gasteiger partial charge is 0.457 e. The molecule has 3 rings (SSSR count). The SMILES string of the molecule is CSc1ccc(Oc2ccc(CNC(=O)c3cccnc3N)cc2)cc1Cl. The molecule has 2 aromatic carbocycles. The molecule has 0 aliphatic carbocycles. The predicted molar refractivity (Wildman–Crippen MR) is 110 cm³/mol. The molecule has 0 saturated carbocycles. The highest BCUT2D eigenvalue weighted by Gasteiger charge is 2.09. The number of benzene rings is 2. The van der Waals surface area contributed by atoms with E-state index in [1.165, 1.54) is 0 Å². The van der Waals surface area contributed by atoms with Crippen molar-refractivity contribution < 1.29 is 9.53 Å². The van der Waals surface area contributed by atoms with Crippen LogP contribution in [0.3, 0.4) is 0 Å². The van der Waals surface area contributed by atoms with Crippen LogP contribution in [0.5, 0.6) is 11.5 Å². The molecule has 138 valence electrons. The number of nitrogens with two attached hydrogens (primary N) is 1. The smallest absolute Gasteiger partial charge is 0.255 e. The van der Waals surface area contributed by atoms with Crippen molar-refractivity contribution in [2.75, 3.05) is 12.0 Å². The summed E-state index contributed by atoms with van der Waals surface area (Å²) in [6.07, 6.45) is 3.52. The zero-order valence-electron chi connectivity index (χ0n) is 14.6. The van der Waals surface area contributed by atoms with E-state index in [0.717, 1.165) is 10.5 Å². The van der Waals surface area contributed by atoms with Crippen molar-refractivity contribution in [3.05, 3.63) is 76.9 Å². The summed E-state index contributed by atoms with van der Waals surface area (Å²) in [4.78, 5) is 17.1. The second-order valence-corrected chi connectivity index (χ2v) is 6.92. The minimum absolute atomic E-state index is 0.213. The van der Waals surface area contributed by atoms with Gasteiger partial charge < -0.3 is 15.8 Å². The van der Waals surface area contributed by atoms with Gasteiger partial charge in [-0.2, -0.15) is 0 Å². The molecular formula is C20H18ClN3O2S. The number of nitrogens with one attached hydrogen (secondary N) is 1. The molecule has 1 heterocycles. The molecule has 0 radical (unpaired) electrons. The number of ether oxygens (including phenoxy) is 1. The molecule has 27 heavy (non-hydrogen) atoms. The molecule has 0 bridgehead atoms.